The Balaban J connectivity index is 1.67. The van der Waals surface area contributed by atoms with Gasteiger partial charge >= 0.3 is 0 Å². The van der Waals surface area contributed by atoms with E-state index in [2.05, 4.69) is 15.1 Å². The highest BCUT2D eigenvalue weighted by atomic mass is 32.1. The van der Waals surface area contributed by atoms with Gasteiger partial charge in [-0.3, -0.25) is 4.79 Å². The molecule has 0 saturated carbocycles. The summed E-state index contributed by atoms with van der Waals surface area (Å²) in [7, 11) is 0. The van der Waals surface area contributed by atoms with Gasteiger partial charge in [0, 0.05) is 18.1 Å². The fourth-order valence-electron chi connectivity index (χ4n) is 3.26. The minimum atomic E-state index is -0.0589. The van der Waals surface area contributed by atoms with Gasteiger partial charge in [0.2, 0.25) is 0 Å². The number of aromatic nitrogens is 4. The van der Waals surface area contributed by atoms with Crippen molar-refractivity contribution >= 4 is 17.2 Å². The third-order valence-corrected chi connectivity index (χ3v) is 5.03. The van der Waals surface area contributed by atoms with Gasteiger partial charge in [-0.25, -0.2) is 15.0 Å². The average molecular weight is 355 g/mol. The molecule has 0 unspecified atom stereocenters. The first kappa shape index (κ1) is 15.9. The van der Waals surface area contributed by atoms with Crippen LogP contribution in [-0.2, 0) is 0 Å². The van der Waals surface area contributed by atoms with E-state index in [-0.39, 0.29) is 11.9 Å². The van der Waals surface area contributed by atoms with Gasteiger partial charge in [0.05, 0.1) is 28.5 Å². The minimum absolute atomic E-state index is 0.0405. The molecule has 8 heteroatoms. The van der Waals surface area contributed by atoms with Crippen molar-refractivity contribution in [1.82, 2.24) is 25.0 Å². The zero-order chi connectivity index (χ0) is 17.4. The molecule has 1 atom stereocenters. The van der Waals surface area contributed by atoms with Crippen molar-refractivity contribution < 1.29 is 9.32 Å². The number of amides is 1. The third kappa shape index (κ3) is 2.82. The zero-order valence-corrected chi connectivity index (χ0v) is 14.8. The quantitative estimate of drug-likeness (QED) is 0.717. The SMILES string of the molecule is Cc1noc(C)c1-c1nccc([C@H]2CCCN2C(=O)c2cscn2)n1. The fraction of sp³-hybridized carbons (Fsp3) is 0.353. The molecule has 1 aliphatic rings. The summed E-state index contributed by atoms with van der Waals surface area (Å²) >= 11 is 1.43. The molecule has 3 aromatic rings. The standard InChI is InChI=1S/C17H17N5O2S/c1-10-15(11(2)24-21-10)16-18-6-5-12(20-16)14-4-3-7-22(14)17(23)13-8-25-9-19-13/h5-6,8-9,14H,3-4,7H2,1-2H3/t14-/m1/s1. The molecule has 1 fully saturated rings. The van der Waals surface area contributed by atoms with Crippen LogP contribution in [-0.4, -0.2) is 37.5 Å². The number of rotatable bonds is 3. The number of hydrogen-bond donors (Lipinski definition) is 0. The van der Waals surface area contributed by atoms with Gasteiger partial charge in [-0.15, -0.1) is 11.3 Å². The van der Waals surface area contributed by atoms with Crippen LogP contribution >= 0.6 is 11.3 Å². The lowest BCUT2D eigenvalue weighted by Crippen LogP contribution is -2.31. The van der Waals surface area contributed by atoms with Crippen molar-refractivity contribution in [2.45, 2.75) is 32.7 Å². The van der Waals surface area contributed by atoms with E-state index in [0.29, 0.717) is 23.8 Å². The Morgan fingerprint density at radius 3 is 2.96 bits per heavy atom. The van der Waals surface area contributed by atoms with E-state index in [1.165, 1.54) is 11.3 Å². The number of likely N-dealkylation sites (tertiary alicyclic amines) is 1. The van der Waals surface area contributed by atoms with Crippen molar-refractivity contribution in [3.8, 4) is 11.4 Å². The Morgan fingerprint density at radius 1 is 1.36 bits per heavy atom. The molecule has 0 spiro atoms. The first-order valence-electron chi connectivity index (χ1n) is 8.10. The highest BCUT2D eigenvalue weighted by Gasteiger charge is 2.32. The molecular formula is C17H17N5O2S. The summed E-state index contributed by atoms with van der Waals surface area (Å²) in [6, 6.07) is 1.82. The smallest absolute Gasteiger partial charge is 0.273 e. The Morgan fingerprint density at radius 2 is 2.24 bits per heavy atom. The van der Waals surface area contributed by atoms with Crippen LogP contribution in [0.15, 0.2) is 27.7 Å². The van der Waals surface area contributed by atoms with E-state index in [1.54, 1.807) is 17.1 Å². The summed E-state index contributed by atoms with van der Waals surface area (Å²) in [6.07, 6.45) is 3.56. The highest BCUT2D eigenvalue weighted by Crippen LogP contribution is 2.33. The van der Waals surface area contributed by atoms with Crippen molar-refractivity contribution in [3.05, 3.63) is 46.0 Å². The molecule has 0 N–H and O–H groups in total. The Hall–Kier alpha value is -2.61. The molecular weight excluding hydrogens is 338 g/mol. The first-order valence-corrected chi connectivity index (χ1v) is 9.05. The molecule has 4 heterocycles. The normalized spacial score (nSPS) is 17.2. The van der Waals surface area contributed by atoms with Crippen LogP contribution in [0, 0.1) is 13.8 Å². The lowest BCUT2D eigenvalue weighted by Gasteiger charge is -2.23. The molecule has 25 heavy (non-hydrogen) atoms. The first-order chi connectivity index (χ1) is 12.1. The maximum absolute atomic E-state index is 12.7. The molecule has 4 rings (SSSR count). The zero-order valence-electron chi connectivity index (χ0n) is 14.0. The number of thiazole rings is 1. The van der Waals surface area contributed by atoms with Gasteiger partial charge in [0.1, 0.15) is 11.5 Å². The van der Waals surface area contributed by atoms with E-state index in [0.717, 1.165) is 29.8 Å². The molecule has 7 nitrogen and oxygen atoms in total. The molecule has 0 aliphatic carbocycles. The van der Waals surface area contributed by atoms with Gasteiger partial charge in [0.15, 0.2) is 5.82 Å². The highest BCUT2D eigenvalue weighted by molar-refractivity contribution is 7.07. The van der Waals surface area contributed by atoms with E-state index in [4.69, 9.17) is 9.51 Å². The Labute approximate surface area is 148 Å². The Bertz CT molecular complexity index is 886. The lowest BCUT2D eigenvalue weighted by molar-refractivity contribution is 0.0727. The number of carbonyl (C=O) groups is 1. The number of hydrogen-bond acceptors (Lipinski definition) is 7. The molecule has 1 aliphatic heterocycles. The van der Waals surface area contributed by atoms with Crippen LogP contribution < -0.4 is 0 Å². The second-order valence-corrected chi connectivity index (χ2v) is 6.75. The van der Waals surface area contributed by atoms with Crippen LogP contribution in [0.4, 0.5) is 0 Å². The summed E-state index contributed by atoms with van der Waals surface area (Å²) in [5.41, 5.74) is 4.59. The van der Waals surface area contributed by atoms with Crippen LogP contribution in [0.1, 0.15) is 46.5 Å². The summed E-state index contributed by atoms with van der Waals surface area (Å²) < 4.78 is 5.22. The van der Waals surface area contributed by atoms with Gasteiger partial charge in [0.25, 0.3) is 5.91 Å². The van der Waals surface area contributed by atoms with Crippen LogP contribution in [0.3, 0.4) is 0 Å². The van der Waals surface area contributed by atoms with Crippen molar-refractivity contribution in [3.63, 3.8) is 0 Å². The molecule has 0 bridgehead atoms. The van der Waals surface area contributed by atoms with Crippen molar-refractivity contribution in [2.75, 3.05) is 6.54 Å². The van der Waals surface area contributed by atoms with E-state index in [9.17, 15) is 4.79 Å². The van der Waals surface area contributed by atoms with Crippen molar-refractivity contribution in [2.24, 2.45) is 0 Å². The molecule has 128 valence electrons. The topological polar surface area (TPSA) is 85.0 Å². The average Bonchev–Trinajstić information content (AvgIpc) is 3.36. The second-order valence-electron chi connectivity index (χ2n) is 6.03. The monoisotopic (exact) mass is 355 g/mol. The van der Waals surface area contributed by atoms with Gasteiger partial charge in [-0.05, 0) is 32.8 Å². The summed E-state index contributed by atoms with van der Waals surface area (Å²) in [6.45, 7) is 4.43. The predicted octanol–water partition coefficient (Wildman–Crippen LogP) is 3.18. The lowest BCUT2D eigenvalue weighted by atomic mass is 10.1. The summed E-state index contributed by atoms with van der Waals surface area (Å²) in [5, 5.41) is 5.75. The molecule has 1 amide bonds. The Kier molecular flexibility index (Phi) is 4.04. The van der Waals surface area contributed by atoms with E-state index in [1.807, 2.05) is 24.8 Å². The maximum Gasteiger partial charge on any atom is 0.273 e. The molecule has 0 aromatic carbocycles. The molecule has 1 saturated heterocycles. The third-order valence-electron chi connectivity index (χ3n) is 4.44. The molecule has 3 aromatic heterocycles. The summed E-state index contributed by atoms with van der Waals surface area (Å²) in [4.78, 5) is 27.8. The van der Waals surface area contributed by atoms with E-state index >= 15 is 0 Å². The van der Waals surface area contributed by atoms with Crippen LogP contribution in [0.5, 0.6) is 0 Å². The minimum Gasteiger partial charge on any atom is -0.361 e. The number of carbonyl (C=O) groups excluding carboxylic acids is 1. The fourth-order valence-corrected chi connectivity index (χ4v) is 3.79. The number of nitrogens with zero attached hydrogens (tertiary/aromatic N) is 5. The van der Waals surface area contributed by atoms with Crippen LogP contribution in [0.25, 0.3) is 11.4 Å². The van der Waals surface area contributed by atoms with E-state index < -0.39 is 0 Å². The summed E-state index contributed by atoms with van der Waals surface area (Å²) in [5.74, 6) is 1.24. The van der Waals surface area contributed by atoms with Crippen LogP contribution in [0.2, 0.25) is 0 Å². The predicted molar refractivity (Wildman–Crippen MR) is 92.1 cm³/mol. The van der Waals surface area contributed by atoms with Gasteiger partial charge in [-0.1, -0.05) is 5.16 Å². The van der Waals surface area contributed by atoms with Gasteiger partial charge < -0.3 is 9.42 Å². The van der Waals surface area contributed by atoms with Crippen molar-refractivity contribution in [1.29, 1.82) is 0 Å². The second kappa shape index (κ2) is 6.36. The maximum atomic E-state index is 12.7. The molecule has 0 radical (unpaired) electrons. The van der Waals surface area contributed by atoms with Gasteiger partial charge in [-0.2, -0.15) is 0 Å². The number of aryl methyl sites for hydroxylation is 2. The largest absolute Gasteiger partial charge is 0.361 e.